The van der Waals surface area contributed by atoms with Gasteiger partial charge >= 0.3 is 6.09 Å². The Balaban J connectivity index is 1.66. The van der Waals surface area contributed by atoms with Gasteiger partial charge < -0.3 is 15.4 Å². The number of ether oxygens (including phenoxy) is 1. The van der Waals surface area contributed by atoms with Gasteiger partial charge in [0.1, 0.15) is 5.60 Å². The molecule has 4 nitrogen and oxygen atoms in total. The molecule has 0 aromatic heterocycles. The van der Waals surface area contributed by atoms with Crippen molar-refractivity contribution in [2.24, 2.45) is 5.92 Å². The van der Waals surface area contributed by atoms with E-state index in [0.717, 1.165) is 31.2 Å². The smallest absolute Gasteiger partial charge is 0.407 e. The molecule has 1 amide bonds. The average Bonchev–Trinajstić information content (AvgIpc) is 2.87. The zero-order valence-corrected chi connectivity index (χ0v) is 12.7. The van der Waals surface area contributed by atoms with Crippen LogP contribution in [0.4, 0.5) is 4.79 Å². The molecule has 2 saturated carbocycles. The highest BCUT2D eigenvalue weighted by Gasteiger charge is 2.38. The van der Waals surface area contributed by atoms with Crippen LogP contribution in [0, 0.1) is 5.92 Å². The van der Waals surface area contributed by atoms with Gasteiger partial charge in [-0.3, -0.25) is 0 Å². The summed E-state index contributed by atoms with van der Waals surface area (Å²) in [5.74, 6) is 0.887. The van der Waals surface area contributed by atoms with Crippen molar-refractivity contribution in [3.05, 3.63) is 0 Å². The van der Waals surface area contributed by atoms with E-state index in [1.165, 1.54) is 12.8 Å². The van der Waals surface area contributed by atoms with Gasteiger partial charge in [0.25, 0.3) is 0 Å². The van der Waals surface area contributed by atoms with E-state index < -0.39 is 5.60 Å². The van der Waals surface area contributed by atoms with E-state index in [4.69, 9.17) is 4.74 Å². The van der Waals surface area contributed by atoms with E-state index in [0.29, 0.717) is 6.04 Å². The van der Waals surface area contributed by atoms with Crippen molar-refractivity contribution >= 4 is 6.09 Å². The summed E-state index contributed by atoms with van der Waals surface area (Å²) in [4.78, 5) is 11.7. The van der Waals surface area contributed by atoms with Gasteiger partial charge in [-0.15, -0.1) is 0 Å². The second kappa shape index (κ2) is 5.70. The van der Waals surface area contributed by atoms with Crippen LogP contribution >= 0.6 is 0 Å². The molecule has 19 heavy (non-hydrogen) atoms. The maximum Gasteiger partial charge on any atom is 0.407 e. The molecule has 2 aliphatic carbocycles. The Morgan fingerprint density at radius 1 is 1.21 bits per heavy atom. The van der Waals surface area contributed by atoms with E-state index in [1.54, 1.807) is 0 Å². The third-order valence-electron chi connectivity index (χ3n) is 4.05. The predicted octanol–water partition coefficient (Wildman–Crippen LogP) is 2.82. The summed E-state index contributed by atoms with van der Waals surface area (Å²) in [7, 11) is 0. The van der Waals surface area contributed by atoms with Crippen LogP contribution in [0.15, 0.2) is 0 Å². The maximum absolute atomic E-state index is 11.7. The highest BCUT2D eigenvalue weighted by molar-refractivity contribution is 5.68. The first-order valence-electron chi connectivity index (χ1n) is 7.63. The Morgan fingerprint density at radius 2 is 1.89 bits per heavy atom. The maximum atomic E-state index is 11.7. The van der Waals surface area contributed by atoms with Crippen molar-refractivity contribution in [1.82, 2.24) is 10.6 Å². The standard InChI is InChI=1S/C15H28N2O2/c1-5-10-8-13(10)16-11-6-7-12(9-11)17-14(18)19-15(2,3)4/h10-13,16H,5-9H2,1-4H3,(H,17,18). The number of carbonyl (C=O) groups is 1. The van der Waals surface area contributed by atoms with Crippen LogP contribution < -0.4 is 10.6 Å². The third kappa shape index (κ3) is 4.68. The number of hydrogen-bond donors (Lipinski definition) is 2. The molecule has 4 atom stereocenters. The molecule has 0 saturated heterocycles. The lowest BCUT2D eigenvalue weighted by atomic mass is 10.2. The first-order chi connectivity index (χ1) is 8.87. The summed E-state index contributed by atoms with van der Waals surface area (Å²) in [5.41, 5.74) is -0.414. The van der Waals surface area contributed by atoms with E-state index in [-0.39, 0.29) is 12.1 Å². The number of nitrogens with one attached hydrogen (secondary N) is 2. The molecule has 0 aromatic carbocycles. The van der Waals surface area contributed by atoms with Gasteiger partial charge in [0.15, 0.2) is 0 Å². The van der Waals surface area contributed by atoms with Crippen LogP contribution in [-0.4, -0.2) is 29.8 Å². The lowest BCUT2D eigenvalue weighted by Crippen LogP contribution is -2.39. The van der Waals surface area contributed by atoms with E-state index in [1.807, 2.05) is 20.8 Å². The van der Waals surface area contributed by atoms with Crippen molar-refractivity contribution in [1.29, 1.82) is 0 Å². The van der Waals surface area contributed by atoms with E-state index in [9.17, 15) is 4.79 Å². The zero-order valence-electron chi connectivity index (χ0n) is 12.7. The summed E-state index contributed by atoms with van der Waals surface area (Å²) in [6.07, 6.45) is 5.58. The third-order valence-corrected chi connectivity index (χ3v) is 4.05. The van der Waals surface area contributed by atoms with Gasteiger partial charge in [-0.2, -0.15) is 0 Å². The molecular weight excluding hydrogens is 240 g/mol. The number of hydrogen-bond acceptors (Lipinski definition) is 3. The summed E-state index contributed by atoms with van der Waals surface area (Å²) < 4.78 is 5.29. The Labute approximate surface area is 116 Å². The molecule has 0 aliphatic heterocycles. The molecule has 0 radical (unpaired) electrons. The molecule has 2 fully saturated rings. The van der Waals surface area contributed by atoms with Gasteiger partial charge in [-0.1, -0.05) is 13.3 Å². The average molecular weight is 268 g/mol. The minimum atomic E-state index is -0.414. The number of amides is 1. The first kappa shape index (κ1) is 14.6. The molecule has 110 valence electrons. The van der Waals surface area contributed by atoms with Gasteiger partial charge in [0.2, 0.25) is 0 Å². The normalized spacial score (nSPS) is 34.1. The summed E-state index contributed by atoms with van der Waals surface area (Å²) >= 11 is 0. The second-order valence-corrected chi connectivity index (χ2v) is 7.03. The van der Waals surface area contributed by atoms with Crippen molar-refractivity contribution < 1.29 is 9.53 Å². The topological polar surface area (TPSA) is 50.4 Å². The number of carbonyl (C=O) groups excluding carboxylic acids is 1. The van der Waals surface area contributed by atoms with Gasteiger partial charge in [-0.05, 0) is 52.4 Å². The van der Waals surface area contributed by atoms with Crippen molar-refractivity contribution in [2.45, 2.75) is 83.5 Å². The summed E-state index contributed by atoms with van der Waals surface area (Å²) in [5, 5.41) is 6.70. The Bertz CT molecular complexity index is 325. The molecular formula is C15H28N2O2. The zero-order chi connectivity index (χ0) is 14.0. The van der Waals surface area contributed by atoms with Crippen LogP contribution in [0.2, 0.25) is 0 Å². The highest BCUT2D eigenvalue weighted by Crippen LogP contribution is 2.35. The molecule has 2 N–H and O–H groups in total. The fourth-order valence-corrected chi connectivity index (χ4v) is 2.94. The van der Waals surface area contributed by atoms with Crippen molar-refractivity contribution in [3.8, 4) is 0 Å². The Morgan fingerprint density at radius 3 is 2.47 bits per heavy atom. The van der Waals surface area contributed by atoms with Gasteiger partial charge in [-0.25, -0.2) is 4.79 Å². The quantitative estimate of drug-likeness (QED) is 0.824. The Kier molecular flexibility index (Phi) is 4.39. The molecule has 0 spiro atoms. The van der Waals surface area contributed by atoms with Crippen LogP contribution in [0.25, 0.3) is 0 Å². The summed E-state index contributed by atoms with van der Waals surface area (Å²) in [6, 6.07) is 1.57. The molecule has 2 aliphatic rings. The first-order valence-corrected chi connectivity index (χ1v) is 7.63. The molecule has 2 rings (SSSR count). The fourth-order valence-electron chi connectivity index (χ4n) is 2.94. The van der Waals surface area contributed by atoms with Crippen LogP contribution in [0.5, 0.6) is 0 Å². The minimum absolute atomic E-state index is 0.270. The van der Waals surface area contributed by atoms with Crippen molar-refractivity contribution in [3.63, 3.8) is 0 Å². The second-order valence-electron chi connectivity index (χ2n) is 7.03. The van der Waals surface area contributed by atoms with Crippen LogP contribution in [-0.2, 0) is 4.74 Å². The predicted molar refractivity (Wildman–Crippen MR) is 76.1 cm³/mol. The largest absolute Gasteiger partial charge is 0.444 e. The van der Waals surface area contributed by atoms with Crippen LogP contribution in [0.1, 0.15) is 59.8 Å². The van der Waals surface area contributed by atoms with Gasteiger partial charge in [0.05, 0.1) is 0 Å². The number of rotatable bonds is 4. The molecule has 0 aromatic rings. The molecule has 0 heterocycles. The minimum Gasteiger partial charge on any atom is -0.444 e. The van der Waals surface area contributed by atoms with E-state index in [2.05, 4.69) is 17.6 Å². The van der Waals surface area contributed by atoms with E-state index >= 15 is 0 Å². The number of alkyl carbamates (subject to hydrolysis) is 1. The van der Waals surface area contributed by atoms with Crippen molar-refractivity contribution in [2.75, 3.05) is 0 Å². The lowest BCUT2D eigenvalue weighted by Gasteiger charge is -2.21. The molecule has 4 heteroatoms. The van der Waals surface area contributed by atoms with Crippen LogP contribution in [0.3, 0.4) is 0 Å². The highest BCUT2D eigenvalue weighted by atomic mass is 16.6. The summed E-state index contributed by atoms with van der Waals surface area (Å²) in [6.45, 7) is 7.94. The lowest BCUT2D eigenvalue weighted by molar-refractivity contribution is 0.0505. The Hall–Kier alpha value is -0.770. The van der Waals surface area contributed by atoms with Gasteiger partial charge in [0, 0.05) is 18.1 Å². The fraction of sp³-hybridized carbons (Fsp3) is 0.933. The molecule has 4 unspecified atom stereocenters. The monoisotopic (exact) mass is 268 g/mol. The SMILES string of the molecule is CCC1CC1NC1CCC(NC(=O)OC(C)(C)C)C1. The molecule has 0 bridgehead atoms.